The number of nitrogens with two attached hydrogens (primary N) is 1. The zero-order valence-electron chi connectivity index (χ0n) is 17.6. The first kappa shape index (κ1) is 21.1. The molecule has 1 unspecified atom stereocenters. The predicted octanol–water partition coefficient (Wildman–Crippen LogP) is 6.66. The van der Waals surface area contributed by atoms with Gasteiger partial charge in [-0.05, 0) is 61.1 Å². The second-order valence-corrected chi connectivity index (χ2v) is 8.66. The van der Waals surface area contributed by atoms with E-state index in [0.29, 0.717) is 11.3 Å². The summed E-state index contributed by atoms with van der Waals surface area (Å²) in [6.45, 7) is 11.6. The number of rotatable bonds is 3. The van der Waals surface area contributed by atoms with Gasteiger partial charge in [0.1, 0.15) is 0 Å². The molecule has 1 heterocycles. The molecule has 6 heteroatoms. The molecule has 0 radical (unpaired) electrons. The Morgan fingerprint density at radius 2 is 1.62 bits per heavy atom. The number of fused-ring (bicyclic) bond motifs is 1. The largest absolute Gasteiger partial charge is 0.461 e. The van der Waals surface area contributed by atoms with Crippen LogP contribution in [0.1, 0.15) is 54.7 Å². The van der Waals surface area contributed by atoms with E-state index in [0.717, 1.165) is 27.6 Å². The lowest BCUT2D eigenvalue weighted by Gasteiger charge is -2.26. The van der Waals surface area contributed by atoms with Gasteiger partial charge in [0.2, 0.25) is 6.10 Å². The van der Waals surface area contributed by atoms with Gasteiger partial charge in [0.25, 0.3) is 0 Å². The number of aromatic nitrogens is 1. The molecule has 2 aromatic carbocycles. The van der Waals surface area contributed by atoms with Crippen LogP contribution in [-0.4, -0.2) is 11.2 Å². The number of aromatic amines is 1. The van der Waals surface area contributed by atoms with Crippen LogP contribution in [-0.2, 0) is 5.41 Å². The summed E-state index contributed by atoms with van der Waals surface area (Å²) >= 11 is 0. The number of aryl methyl sites for hydroxylation is 3. The van der Waals surface area contributed by atoms with Crippen LogP contribution in [0.3, 0.4) is 0 Å². The molecule has 0 bridgehead atoms. The fourth-order valence-corrected chi connectivity index (χ4v) is 3.65. The smallest absolute Gasteiger partial charge is 0.429 e. The van der Waals surface area contributed by atoms with Gasteiger partial charge in [-0.3, -0.25) is 0 Å². The monoisotopic (exact) mass is 404 g/mol. The number of H-pyrrole nitrogens is 1. The Hall–Kier alpha value is -2.63. The summed E-state index contributed by atoms with van der Waals surface area (Å²) < 4.78 is 47.6. The molecule has 0 spiro atoms. The summed E-state index contributed by atoms with van der Waals surface area (Å²) in [6.07, 6.45) is -6.68. The summed E-state index contributed by atoms with van der Waals surface area (Å²) in [5, 5.41) is 0.918. The summed E-state index contributed by atoms with van der Waals surface area (Å²) in [5.41, 5.74) is 10.0. The lowest BCUT2D eigenvalue weighted by Crippen LogP contribution is -2.27. The molecule has 0 aliphatic rings. The summed E-state index contributed by atoms with van der Waals surface area (Å²) in [5.74, 6) is 0.151. The third-order valence-corrected chi connectivity index (χ3v) is 5.34. The highest BCUT2D eigenvalue weighted by atomic mass is 19.4. The van der Waals surface area contributed by atoms with Gasteiger partial charge in [0.05, 0.1) is 0 Å². The number of nitrogen functional groups attached to an aromatic ring is 1. The van der Waals surface area contributed by atoms with Gasteiger partial charge < -0.3 is 15.5 Å². The first-order valence-corrected chi connectivity index (χ1v) is 9.52. The number of hydrogen-bond acceptors (Lipinski definition) is 2. The number of ether oxygens (including phenoxy) is 1. The zero-order valence-corrected chi connectivity index (χ0v) is 17.6. The van der Waals surface area contributed by atoms with E-state index in [1.165, 1.54) is 18.2 Å². The molecule has 0 saturated carbocycles. The normalized spacial score (nSPS) is 13.7. The van der Waals surface area contributed by atoms with Gasteiger partial charge >= 0.3 is 6.18 Å². The Balaban J connectivity index is 2.20. The van der Waals surface area contributed by atoms with Crippen LogP contribution in [0.4, 0.5) is 18.9 Å². The number of halogens is 3. The fraction of sp³-hybridized carbons (Fsp3) is 0.391. The van der Waals surface area contributed by atoms with Crippen LogP contribution < -0.4 is 10.5 Å². The van der Waals surface area contributed by atoms with Gasteiger partial charge in [0.15, 0.2) is 5.88 Å². The van der Waals surface area contributed by atoms with E-state index in [2.05, 4.69) is 4.98 Å². The number of benzene rings is 2. The molecule has 3 aromatic rings. The molecule has 1 atom stereocenters. The maximum Gasteiger partial charge on any atom is 0.429 e. The second-order valence-electron chi connectivity index (χ2n) is 8.66. The summed E-state index contributed by atoms with van der Waals surface area (Å²) in [7, 11) is 0. The van der Waals surface area contributed by atoms with Crippen LogP contribution in [0.5, 0.6) is 5.88 Å². The molecule has 0 aliphatic heterocycles. The van der Waals surface area contributed by atoms with Crippen molar-refractivity contribution in [1.29, 1.82) is 0 Å². The first-order chi connectivity index (χ1) is 13.3. The standard InChI is InChI=1S/C23H27F3N2O/c1-12-7-10-17-18(14(12)3)19(22(4,5)6)21(28-17)29-20(23(24,25)26)15-8-9-16(27)13(2)11-15/h7-11,20,28H,27H2,1-6H3. The van der Waals surface area contributed by atoms with E-state index in [1.54, 1.807) is 6.92 Å². The number of alkyl halides is 3. The van der Waals surface area contributed by atoms with Gasteiger partial charge in [-0.1, -0.05) is 32.9 Å². The van der Waals surface area contributed by atoms with E-state index >= 15 is 0 Å². The van der Waals surface area contributed by atoms with Crippen molar-refractivity contribution in [3.05, 3.63) is 58.1 Å². The van der Waals surface area contributed by atoms with Gasteiger partial charge in [0, 0.05) is 27.7 Å². The van der Waals surface area contributed by atoms with E-state index in [4.69, 9.17) is 10.5 Å². The highest BCUT2D eigenvalue weighted by Gasteiger charge is 2.44. The molecule has 156 valence electrons. The molecule has 3 N–H and O–H groups in total. The molecule has 3 nitrogen and oxygen atoms in total. The maximum atomic E-state index is 14.0. The molecule has 0 fully saturated rings. The van der Waals surface area contributed by atoms with Gasteiger partial charge in [-0.2, -0.15) is 13.2 Å². The van der Waals surface area contributed by atoms with Crippen LogP contribution >= 0.6 is 0 Å². The minimum Gasteiger partial charge on any atom is -0.461 e. The number of nitrogens with one attached hydrogen (secondary N) is 1. The fourth-order valence-electron chi connectivity index (χ4n) is 3.65. The Morgan fingerprint density at radius 1 is 0.966 bits per heavy atom. The minimum absolute atomic E-state index is 0.0237. The minimum atomic E-state index is -4.58. The molecule has 3 rings (SSSR count). The Kier molecular flexibility index (Phi) is 5.10. The van der Waals surface area contributed by atoms with Crippen molar-refractivity contribution in [1.82, 2.24) is 4.98 Å². The average Bonchev–Trinajstić information content (AvgIpc) is 2.97. The topological polar surface area (TPSA) is 51.0 Å². The quantitative estimate of drug-likeness (QED) is 0.480. The number of anilines is 1. The summed E-state index contributed by atoms with van der Waals surface area (Å²) in [6, 6.07) is 8.12. The molecular formula is C23H27F3N2O. The Labute approximate surface area is 169 Å². The van der Waals surface area contributed by atoms with Crippen molar-refractivity contribution in [3.8, 4) is 5.88 Å². The maximum absolute atomic E-state index is 14.0. The Bertz CT molecular complexity index is 1060. The van der Waals surface area contributed by atoms with E-state index in [1.807, 2.05) is 46.8 Å². The molecule has 0 aliphatic carbocycles. The van der Waals surface area contributed by atoms with Crippen LogP contribution in [0.25, 0.3) is 10.9 Å². The molecular weight excluding hydrogens is 377 g/mol. The molecule has 1 aromatic heterocycles. The van der Waals surface area contributed by atoms with E-state index in [-0.39, 0.29) is 11.4 Å². The van der Waals surface area contributed by atoms with Crippen LogP contribution in [0, 0.1) is 20.8 Å². The molecule has 0 saturated heterocycles. The second kappa shape index (κ2) is 7.01. The lowest BCUT2D eigenvalue weighted by atomic mass is 9.84. The van der Waals surface area contributed by atoms with Gasteiger partial charge in [-0.25, -0.2) is 0 Å². The lowest BCUT2D eigenvalue weighted by molar-refractivity contribution is -0.198. The van der Waals surface area contributed by atoms with Crippen molar-refractivity contribution < 1.29 is 17.9 Å². The van der Waals surface area contributed by atoms with E-state index in [9.17, 15) is 13.2 Å². The predicted molar refractivity (Wildman–Crippen MR) is 111 cm³/mol. The van der Waals surface area contributed by atoms with Crippen molar-refractivity contribution in [3.63, 3.8) is 0 Å². The third kappa shape index (κ3) is 3.93. The summed E-state index contributed by atoms with van der Waals surface area (Å²) in [4.78, 5) is 3.09. The highest BCUT2D eigenvalue weighted by molar-refractivity contribution is 5.91. The van der Waals surface area contributed by atoms with Crippen LogP contribution in [0.15, 0.2) is 30.3 Å². The average molecular weight is 404 g/mol. The van der Waals surface area contributed by atoms with Crippen molar-refractivity contribution in [2.24, 2.45) is 0 Å². The molecule has 29 heavy (non-hydrogen) atoms. The SMILES string of the molecule is Cc1cc(C(Oc2[nH]c3ccc(C)c(C)c3c2C(C)(C)C)C(F)(F)F)ccc1N. The highest BCUT2D eigenvalue weighted by Crippen LogP contribution is 2.44. The Morgan fingerprint density at radius 3 is 2.17 bits per heavy atom. The van der Waals surface area contributed by atoms with Gasteiger partial charge in [-0.15, -0.1) is 0 Å². The van der Waals surface area contributed by atoms with Crippen molar-refractivity contribution >= 4 is 16.6 Å². The van der Waals surface area contributed by atoms with Crippen molar-refractivity contribution in [2.45, 2.75) is 59.2 Å². The van der Waals surface area contributed by atoms with Crippen molar-refractivity contribution in [2.75, 3.05) is 5.73 Å². The first-order valence-electron chi connectivity index (χ1n) is 9.52. The van der Waals surface area contributed by atoms with Crippen LogP contribution in [0.2, 0.25) is 0 Å². The third-order valence-electron chi connectivity index (χ3n) is 5.34. The zero-order chi connectivity index (χ0) is 21.7. The number of hydrogen-bond donors (Lipinski definition) is 2. The van der Waals surface area contributed by atoms with E-state index < -0.39 is 17.7 Å². The molecule has 0 amide bonds.